The van der Waals surface area contributed by atoms with Crippen molar-refractivity contribution in [3.05, 3.63) is 83.9 Å². The van der Waals surface area contributed by atoms with Crippen LogP contribution in [0.25, 0.3) is 0 Å². The van der Waals surface area contributed by atoms with Gasteiger partial charge in [-0.1, -0.05) is 37.3 Å². The third-order valence-corrected chi connectivity index (χ3v) is 6.19. The van der Waals surface area contributed by atoms with E-state index in [0.717, 1.165) is 17.8 Å². The molecule has 0 aromatic heterocycles. The first-order valence-electron chi connectivity index (χ1n) is 12.3. The minimum Gasteiger partial charge on any atom is -0.449 e. The van der Waals surface area contributed by atoms with Crippen LogP contribution in [0.2, 0.25) is 0 Å². The molecule has 1 aliphatic heterocycles. The molecule has 0 saturated heterocycles. The summed E-state index contributed by atoms with van der Waals surface area (Å²) in [5, 5.41) is 11.9. The van der Waals surface area contributed by atoms with Gasteiger partial charge in [-0.3, -0.25) is 14.6 Å². The van der Waals surface area contributed by atoms with E-state index in [4.69, 9.17) is 14.8 Å². The van der Waals surface area contributed by atoms with Crippen LogP contribution in [0.4, 0.5) is 21.9 Å². The van der Waals surface area contributed by atoms with Crippen molar-refractivity contribution in [2.24, 2.45) is 4.99 Å². The van der Waals surface area contributed by atoms with Crippen molar-refractivity contribution in [2.75, 3.05) is 37.4 Å². The van der Waals surface area contributed by atoms with Crippen LogP contribution in [0, 0.1) is 0 Å². The van der Waals surface area contributed by atoms with Gasteiger partial charge in [0.2, 0.25) is 11.8 Å². The molecular formula is C29H30N4O5. The number of carbonyl (C=O) groups is 3. The minimum atomic E-state index is -1.43. The quantitative estimate of drug-likeness (QED) is 0.239. The van der Waals surface area contributed by atoms with Gasteiger partial charge in [-0.25, -0.2) is 4.79 Å². The third-order valence-electron chi connectivity index (χ3n) is 6.19. The van der Waals surface area contributed by atoms with E-state index in [1.165, 1.54) is 6.07 Å². The smallest absolute Gasteiger partial charge is 0.449 e. The first kappa shape index (κ1) is 26.6. The normalized spacial score (nSPS) is 14.7. The summed E-state index contributed by atoms with van der Waals surface area (Å²) >= 11 is 0. The summed E-state index contributed by atoms with van der Waals surface area (Å²) in [5.74, 6) is -0.891. The van der Waals surface area contributed by atoms with Gasteiger partial charge in [0.05, 0.1) is 11.4 Å². The molecule has 2 amide bonds. The fourth-order valence-electron chi connectivity index (χ4n) is 4.31. The molecule has 0 aliphatic carbocycles. The van der Waals surface area contributed by atoms with Crippen LogP contribution < -0.4 is 15.0 Å². The molecule has 0 spiro atoms. The molecule has 0 radical (unpaired) electrons. The molecule has 196 valence electrons. The number of hydrogen-bond donors (Lipinski definition) is 2. The molecule has 1 unspecified atom stereocenters. The molecule has 4 rings (SSSR count). The summed E-state index contributed by atoms with van der Waals surface area (Å²) in [7, 11) is 3.93. The van der Waals surface area contributed by atoms with Gasteiger partial charge in [-0.05, 0) is 67.7 Å². The van der Waals surface area contributed by atoms with Crippen LogP contribution in [-0.2, 0) is 9.59 Å². The summed E-state index contributed by atoms with van der Waals surface area (Å²) in [6.45, 7) is 3.14. The lowest BCUT2D eigenvalue weighted by Crippen LogP contribution is -2.36. The zero-order chi connectivity index (χ0) is 27.2. The number of ether oxygens (including phenoxy) is 1. The summed E-state index contributed by atoms with van der Waals surface area (Å²) in [6.07, 6.45) is -1.04. The van der Waals surface area contributed by atoms with E-state index in [1.807, 2.05) is 80.5 Å². The number of carboxylic acid groups (broad SMARTS) is 1. The maximum Gasteiger partial charge on any atom is 0.511 e. The van der Waals surface area contributed by atoms with Crippen molar-refractivity contribution in [1.82, 2.24) is 4.90 Å². The van der Waals surface area contributed by atoms with Crippen molar-refractivity contribution in [2.45, 2.75) is 19.3 Å². The predicted octanol–water partition coefficient (Wildman–Crippen LogP) is 4.90. The topological polar surface area (TPSA) is 112 Å². The van der Waals surface area contributed by atoms with Gasteiger partial charge in [0.1, 0.15) is 11.7 Å². The molecule has 0 saturated carbocycles. The lowest BCUT2D eigenvalue weighted by atomic mass is 9.90. The van der Waals surface area contributed by atoms with Crippen molar-refractivity contribution in [3.63, 3.8) is 0 Å². The van der Waals surface area contributed by atoms with E-state index in [9.17, 15) is 14.4 Å². The number of amides is 2. The highest BCUT2D eigenvalue weighted by Gasteiger charge is 2.36. The van der Waals surface area contributed by atoms with Gasteiger partial charge >= 0.3 is 6.16 Å². The van der Waals surface area contributed by atoms with Crippen LogP contribution in [0.5, 0.6) is 5.75 Å². The van der Waals surface area contributed by atoms with Crippen molar-refractivity contribution in [3.8, 4) is 5.75 Å². The largest absolute Gasteiger partial charge is 0.511 e. The lowest BCUT2D eigenvalue weighted by Gasteiger charge is -2.24. The average molecular weight is 515 g/mol. The van der Waals surface area contributed by atoms with Crippen LogP contribution >= 0.6 is 0 Å². The highest BCUT2D eigenvalue weighted by atomic mass is 16.7. The Balaban J connectivity index is 1.73. The molecule has 0 fully saturated rings. The molecule has 2 N–H and O–H groups in total. The Labute approximate surface area is 221 Å². The van der Waals surface area contributed by atoms with E-state index in [2.05, 4.69) is 5.32 Å². The van der Waals surface area contributed by atoms with Gasteiger partial charge in [0.25, 0.3) is 0 Å². The zero-order valence-corrected chi connectivity index (χ0v) is 21.5. The Hall–Kier alpha value is -4.50. The Morgan fingerprint density at radius 2 is 1.71 bits per heavy atom. The Kier molecular flexibility index (Phi) is 8.18. The maximum absolute atomic E-state index is 13.2. The van der Waals surface area contributed by atoms with Crippen molar-refractivity contribution >= 4 is 40.7 Å². The van der Waals surface area contributed by atoms with E-state index >= 15 is 0 Å². The van der Waals surface area contributed by atoms with E-state index in [-0.39, 0.29) is 17.6 Å². The zero-order valence-electron chi connectivity index (χ0n) is 21.5. The molecule has 1 atom stereocenters. The second-order valence-electron chi connectivity index (χ2n) is 9.12. The second-order valence-corrected chi connectivity index (χ2v) is 9.12. The molecule has 9 heteroatoms. The number of fused-ring (bicyclic) bond motifs is 1. The van der Waals surface area contributed by atoms with E-state index in [0.29, 0.717) is 35.6 Å². The molecule has 1 aliphatic rings. The van der Waals surface area contributed by atoms with Gasteiger partial charge in [0.15, 0.2) is 0 Å². The minimum absolute atomic E-state index is 0.0340. The Bertz CT molecular complexity index is 1350. The van der Waals surface area contributed by atoms with Crippen molar-refractivity contribution in [1.29, 1.82) is 0 Å². The van der Waals surface area contributed by atoms with Crippen molar-refractivity contribution < 1.29 is 24.2 Å². The fourth-order valence-corrected chi connectivity index (χ4v) is 4.31. The highest BCUT2D eigenvalue weighted by Crippen LogP contribution is 2.38. The first-order valence-corrected chi connectivity index (χ1v) is 12.3. The van der Waals surface area contributed by atoms with Crippen LogP contribution in [0.15, 0.2) is 77.8 Å². The van der Waals surface area contributed by atoms with Crippen LogP contribution in [-0.4, -0.2) is 60.9 Å². The number of rotatable bonds is 9. The Morgan fingerprint density at radius 1 is 1.00 bits per heavy atom. The van der Waals surface area contributed by atoms with E-state index in [1.54, 1.807) is 17.0 Å². The van der Waals surface area contributed by atoms with E-state index < -0.39 is 12.1 Å². The molecule has 9 nitrogen and oxygen atoms in total. The van der Waals surface area contributed by atoms with Gasteiger partial charge in [-0.2, -0.15) is 0 Å². The number of benzene rings is 3. The second kappa shape index (κ2) is 11.7. The lowest BCUT2D eigenvalue weighted by molar-refractivity contribution is -0.118. The summed E-state index contributed by atoms with van der Waals surface area (Å²) < 4.78 is 4.83. The van der Waals surface area contributed by atoms with Crippen LogP contribution in [0.1, 0.15) is 30.4 Å². The van der Waals surface area contributed by atoms with Gasteiger partial charge in [-0.15, -0.1) is 0 Å². The van der Waals surface area contributed by atoms with Crippen LogP contribution in [0.3, 0.4) is 0 Å². The number of anilines is 2. The number of nitrogens with one attached hydrogen (secondary N) is 1. The SMILES string of the molecule is CCC(=O)N(CCN(C)C)c1ccc(N=C(c2ccccc2)C2C(=O)Nc3ccc(OC(=O)O)cc32)cc1. The predicted molar refractivity (Wildman–Crippen MR) is 147 cm³/mol. The number of nitrogens with zero attached hydrogens (tertiary/aromatic N) is 3. The summed E-state index contributed by atoms with van der Waals surface area (Å²) in [4.78, 5) is 45.5. The number of likely N-dealkylation sites (N-methyl/N-ethyl adjacent to an activating group) is 1. The molecule has 3 aromatic rings. The first-order chi connectivity index (χ1) is 18.3. The maximum atomic E-state index is 13.2. The van der Waals surface area contributed by atoms with Gasteiger partial charge < -0.3 is 25.0 Å². The molecule has 1 heterocycles. The monoisotopic (exact) mass is 514 g/mol. The molecule has 3 aromatic carbocycles. The highest BCUT2D eigenvalue weighted by molar-refractivity contribution is 6.24. The summed E-state index contributed by atoms with van der Waals surface area (Å²) in [6, 6.07) is 21.4. The number of aliphatic imine (C=N–C) groups is 1. The fraction of sp³-hybridized carbons (Fsp3) is 0.241. The summed E-state index contributed by atoms with van der Waals surface area (Å²) in [5.41, 5.74) is 3.81. The average Bonchev–Trinajstić information content (AvgIpc) is 3.22. The Morgan fingerprint density at radius 3 is 2.34 bits per heavy atom. The van der Waals surface area contributed by atoms with Gasteiger partial charge in [0, 0.05) is 30.9 Å². The molecule has 0 bridgehead atoms. The molecule has 38 heavy (non-hydrogen) atoms. The number of carbonyl (C=O) groups excluding carboxylic acids is 2. The number of hydrogen-bond acceptors (Lipinski definition) is 6. The third kappa shape index (κ3) is 6.07. The molecular weight excluding hydrogens is 484 g/mol. The standard InChI is InChI=1S/C29H30N4O5/c1-4-25(34)33(17-16-32(2)3)21-12-10-20(11-13-21)30-27(19-8-6-5-7-9-19)26-23-18-22(38-29(36)37)14-15-24(23)31-28(26)35/h5-15,18,26H,4,16-17H2,1-3H3,(H,31,35)(H,36,37).